The van der Waals surface area contributed by atoms with E-state index < -0.39 is 0 Å². The summed E-state index contributed by atoms with van der Waals surface area (Å²) in [5.41, 5.74) is 2.32. The molecule has 2 unspecified atom stereocenters. The first-order chi connectivity index (χ1) is 8.13. The Morgan fingerprint density at radius 1 is 1.35 bits per heavy atom. The molecule has 0 aromatic heterocycles. The molecule has 0 amide bonds. The van der Waals surface area contributed by atoms with E-state index in [1.165, 1.54) is 5.56 Å². The molecular formula is C13H16ClNO2. The Kier molecular flexibility index (Phi) is 3.72. The summed E-state index contributed by atoms with van der Waals surface area (Å²) < 4.78 is 5.27. The Morgan fingerprint density at radius 3 is 2.59 bits per heavy atom. The van der Waals surface area contributed by atoms with E-state index >= 15 is 0 Å². The van der Waals surface area contributed by atoms with Crippen molar-refractivity contribution in [3.8, 4) is 0 Å². The fraction of sp³-hybridized carbons (Fsp3) is 0.385. The second kappa shape index (κ2) is 5.08. The maximum Gasteiger partial charge on any atom is 0.141 e. The maximum atomic E-state index is 6.19. The summed E-state index contributed by atoms with van der Waals surface area (Å²) in [5.74, 6) is 0. The molecule has 1 aromatic carbocycles. The highest BCUT2D eigenvalue weighted by Crippen LogP contribution is 2.37. The monoisotopic (exact) mass is 253 g/mol. The molecule has 0 spiro atoms. The molecule has 1 aromatic rings. The van der Waals surface area contributed by atoms with Gasteiger partial charge in [0.05, 0.1) is 5.03 Å². The topological polar surface area (TPSA) is 21.7 Å². The van der Waals surface area contributed by atoms with E-state index in [2.05, 4.69) is 31.2 Å². The summed E-state index contributed by atoms with van der Waals surface area (Å²) in [7, 11) is 1.65. The number of nitrogens with zero attached hydrogens (tertiary/aromatic N) is 1. The van der Waals surface area contributed by atoms with Crippen molar-refractivity contribution in [3.05, 3.63) is 46.7 Å². The van der Waals surface area contributed by atoms with Crippen molar-refractivity contribution in [2.75, 3.05) is 7.11 Å². The molecule has 17 heavy (non-hydrogen) atoms. The Hall–Kier alpha value is -1.03. The highest BCUT2D eigenvalue weighted by Gasteiger charge is 2.33. The van der Waals surface area contributed by atoms with Gasteiger partial charge in [-0.25, -0.2) is 0 Å². The third kappa shape index (κ3) is 2.46. The van der Waals surface area contributed by atoms with Crippen LogP contribution in [0.3, 0.4) is 0 Å². The number of hydroxylamine groups is 2. The maximum absolute atomic E-state index is 6.19. The molecule has 0 N–H and O–H groups in total. The molecule has 4 heteroatoms. The van der Waals surface area contributed by atoms with E-state index in [1.807, 2.05) is 6.92 Å². The van der Waals surface area contributed by atoms with Crippen LogP contribution in [-0.2, 0) is 9.57 Å². The Labute approximate surface area is 107 Å². The second-order valence-electron chi connectivity index (χ2n) is 4.12. The number of aryl methyl sites for hydroxylation is 1. The smallest absolute Gasteiger partial charge is 0.141 e. The van der Waals surface area contributed by atoms with Crippen molar-refractivity contribution in [2.45, 2.75) is 26.1 Å². The average Bonchev–Trinajstić information content (AvgIpc) is 2.71. The number of halogens is 1. The lowest BCUT2D eigenvalue weighted by molar-refractivity contribution is -0.208. The summed E-state index contributed by atoms with van der Waals surface area (Å²) in [5, 5.41) is 2.41. The van der Waals surface area contributed by atoms with Crippen molar-refractivity contribution in [1.82, 2.24) is 5.06 Å². The Balaban J connectivity index is 2.27. The average molecular weight is 254 g/mol. The summed E-state index contributed by atoms with van der Waals surface area (Å²) in [4.78, 5) is 5.43. The minimum absolute atomic E-state index is 0.0905. The third-order valence-electron chi connectivity index (χ3n) is 2.90. The van der Waals surface area contributed by atoms with Gasteiger partial charge in [0.1, 0.15) is 18.5 Å². The standard InChI is InChI=1S/C13H16ClNO2/c1-9-4-6-11(7-5-9)13-12(14)8-17-15(13)10(2)16-3/h4-8,10,13H,1-3H3. The molecule has 0 radical (unpaired) electrons. The van der Waals surface area contributed by atoms with Gasteiger partial charge in [0.2, 0.25) is 0 Å². The summed E-state index contributed by atoms with van der Waals surface area (Å²) in [6.45, 7) is 3.98. The SMILES string of the molecule is COC(C)N1OC=C(Cl)C1c1ccc(C)cc1. The number of hydrogen-bond acceptors (Lipinski definition) is 3. The summed E-state index contributed by atoms with van der Waals surface area (Å²) in [6.07, 6.45) is 1.40. The molecule has 1 aliphatic heterocycles. The van der Waals surface area contributed by atoms with Gasteiger partial charge in [-0.3, -0.25) is 0 Å². The molecule has 0 saturated carbocycles. The van der Waals surface area contributed by atoms with Crippen molar-refractivity contribution in [1.29, 1.82) is 0 Å². The van der Waals surface area contributed by atoms with Crippen LogP contribution in [0.2, 0.25) is 0 Å². The van der Waals surface area contributed by atoms with E-state index in [-0.39, 0.29) is 12.3 Å². The number of methoxy groups -OCH3 is 1. The zero-order valence-corrected chi connectivity index (χ0v) is 10.9. The van der Waals surface area contributed by atoms with Gasteiger partial charge in [-0.15, -0.1) is 5.06 Å². The van der Waals surface area contributed by atoms with Gasteiger partial charge in [0.25, 0.3) is 0 Å². The predicted octanol–water partition coefficient (Wildman–Crippen LogP) is 3.36. The molecule has 3 nitrogen and oxygen atoms in total. The van der Waals surface area contributed by atoms with Crippen LogP contribution in [0.25, 0.3) is 0 Å². The highest BCUT2D eigenvalue weighted by molar-refractivity contribution is 6.30. The Bertz CT molecular complexity index is 416. The van der Waals surface area contributed by atoms with Gasteiger partial charge in [-0.05, 0) is 19.4 Å². The number of benzene rings is 1. The molecule has 92 valence electrons. The van der Waals surface area contributed by atoms with Crippen LogP contribution in [-0.4, -0.2) is 18.4 Å². The van der Waals surface area contributed by atoms with E-state index in [0.717, 1.165) is 5.56 Å². The van der Waals surface area contributed by atoms with Gasteiger partial charge in [0, 0.05) is 7.11 Å². The van der Waals surface area contributed by atoms with E-state index in [4.69, 9.17) is 21.2 Å². The van der Waals surface area contributed by atoms with Gasteiger partial charge in [0.15, 0.2) is 0 Å². The van der Waals surface area contributed by atoms with Crippen LogP contribution in [0.1, 0.15) is 24.1 Å². The minimum Gasteiger partial charge on any atom is -0.409 e. The molecule has 2 atom stereocenters. The fourth-order valence-electron chi connectivity index (χ4n) is 1.81. The summed E-state index contributed by atoms with van der Waals surface area (Å²) >= 11 is 6.19. The van der Waals surface area contributed by atoms with Gasteiger partial charge in [-0.1, -0.05) is 41.4 Å². The van der Waals surface area contributed by atoms with Crippen LogP contribution in [0.5, 0.6) is 0 Å². The molecular weight excluding hydrogens is 238 g/mol. The Morgan fingerprint density at radius 2 is 2.00 bits per heavy atom. The molecule has 1 aliphatic rings. The first-order valence-corrected chi connectivity index (χ1v) is 5.91. The van der Waals surface area contributed by atoms with Gasteiger partial charge >= 0.3 is 0 Å². The van der Waals surface area contributed by atoms with Gasteiger partial charge in [-0.2, -0.15) is 0 Å². The van der Waals surface area contributed by atoms with Gasteiger partial charge < -0.3 is 9.57 Å². The zero-order chi connectivity index (χ0) is 12.4. The first kappa shape index (κ1) is 12.4. The predicted molar refractivity (Wildman–Crippen MR) is 67.3 cm³/mol. The normalized spacial score (nSPS) is 22.1. The van der Waals surface area contributed by atoms with Crippen molar-refractivity contribution >= 4 is 11.6 Å². The molecule has 0 fully saturated rings. The van der Waals surface area contributed by atoms with Crippen molar-refractivity contribution in [3.63, 3.8) is 0 Å². The lowest BCUT2D eigenvalue weighted by atomic mass is 10.0. The van der Waals surface area contributed by atoms with Crippen LogP contribution >= 0.6 is 11.6 Å². The number of hydrogen-bond donors (Lipinski definition) is 0. The highest BCUT2D eigenvalue weighted by atomic mass is 35.5. The van der Waals surface area contributed by atoms with Crippen LogP contribution in [0, 0.1) is 6.92 Å². The lowest BCUT2D eigenvalue weighted by Crippen LogP contribution is -2.33. The van der Waals surface area contributed by atoms with Crippen LogP contribution in [0.4, 0.5) is 0 Å². The first-order valence-electron chi connectivity index (χ1n) is 5.53. The third-order valence-corrected chi connectivity index (χ3v) is 3.19. The van der Waals surface area contributed by atoms with Crippen LogP contribution < -0.4 is 0 Å². The zero-order valence-electron chi connectivity index (χ0n) is 10.2. The largest absolute Gasteiger partial charge is 0.409 e. The fourth-order valence-corrected chi connectivity index (χ4v) is 2.07. The summed E-state index contributed by atoms with van der Waals surface area (Å²) in [6, 6.07) is 8.15. The quantitative estimate of drug-likeness (QED) is 0.825. The molecule has 0 aliphatic carbocycles. The van der Waals surface area contributed by atoms with Crippen LogP contribution in [0.15, 0.2) is 35.6 Å². The van der Waals surface area contributed by atoms with Crippen molar-refractivity contribution in [2.24, 2.45) is 0 Å². The molecule has 0 saturated heterocycles. The van der Waals surface area contributed by atoms with E-state index in [0.29, 0.717) is 5.03 Å². The molecule has 2 rings (SSSR count). The molecule has 1 heterocycles. The molecule has 0 bridgehead atoms. The van der Waals surface area contributed by atoms with E-state index in [1.54, 1.807) is 18.4 Å². The minimum atomic E-state index is -0.159. The number of ether oxygens (including phenoxy) is 1. The second-order valence-corrected chi connectivity index (χ2v) is 4.55. The number of rotatable bonds is 3. The lowest BCUT2D eigenvalue weighted by Gasteiger charge is -2.28. The van der Waals surface area contributed by atoms with Crippen molar-refractivity contribution < 1.29 is 9.57 Å². The van der Waals surface area contributed by atoms with E-state index in [9.17, 15) is 0 Å².